The number of amides is 2. The summed E-state index contributed by atoms with van der Waals surface area (Å²) in [5, 5.41) is 11.2. The Balaban J connectivity index is 1.55. The van der Waals surface area contributed by atoms with Crippen LogP contribution in [0.3, 0.4) is 0 Å². The number of hydrogen-bond donors (Lipinski definition) is 2. The summed E-state index contributed by atoms with van der Waals surface area (Å²) in [6.07, 6.45) is 1.42. The van der Waals surface area contributed by atoms with Crippen LogP contribution in [0, 0.1) is 5.95 Å². The second-order valence-electron chi connectivity index (χ2n) is 7.14. The average molecular weight is 387 g/mol. The number of nitrogens with zero attached hydrogens (tertiary/aromatic N) is 3. The first-order valence-electron chi connectivity index (χ1n) is 9.35. The smallest absolute Gasteiger partial charge is 0.313 e. The number of benzene rings is 2. The van der Waals surface area contributed by atoms with E-state index in [1.165, 1.54) is 12.3 Å². The fourth-order valence-corrected chi connectivity index (χ4v) is 3.79. The maximum Gasteiger partial charge on any atom is 0.322 e. The number of hydrogen-bond acceptors (Lipinski definition) is 3. The second-order valence-corrected chi connectivity index (χ2v) is 7.14. The number of anilines is 1. The summed E-state index contributed by atoms with van der Waals surface area (Å²) in [6, 6.07) is 16.7. The molecule has 7 heteroatoms. The molecule has 0 radical (unpaired) electrons. The van der Waals surface area contributed by atoms with Gasteiger partial charge in [-0.3, -0.25) is 5.10 Å². The average Bonchev–Trinajstić information content (AvgIpc) is 3.14. The Morgan fingerprint density at radius 2 is 1.97 bits per heavy atom. The molecule has 2 aromatic heterocycles. The van der Waals surface area contributed by atoms with Gasteiger partial charge in [-0.1, -0.05) is 30.3 Å². The molecule has 1 aliphatic rings. The highest BCUT2D eigenvalue weighted by Crippen LogP contribution is 2.35. The monoisotopic (exact) mass is 387 g/mol. The zero-order valence-corrected chi connectivity index (χ0v) is 15.7. The molecule has 0 bridgehead atoms. The number of pyridine rings is 1. The lowest BCUT2D eigenvalue weighted by atomic mass is 10.0. The summed E-state index contributed by atoms with van der Waals surface area (Å²) in [5.74, 6) is -0.549. The molecule has 29 heavy (non-hydrogen) atoms. The molecule has 0 saturated carbocycles. The summed E-state index contributed by atoms with van der Waals surface area (Å²) in [5.41, 5.74) is 4.90. The number of halogens is 1. The van der Waals surface area contributed by atoms with Crippen molar-refractivity contribution in [2.75, 3.05) is 5.32 Å². The molecule has 2 amide bonds. The molecule has 0 fully saturated rings. The molecule has 0 unspecified atom stereocenters. The Morgan fingerprint density at radius 3 is 2.76 bits per heavy atom. The van der Waals surface area contributed by atoms with Crippen molar-refractivity contribution in [2.24, 2.45) is 0 Å². The highest BCUT2D eigenvalue weighted by atomic mass is 19.1. The zero-order chi connectivity index (χ0) is 20.0. The summed E-state index contributed by atoms with van der Waals surface area (Å²) in [4.78, 5) is 18.1. The molecule has 3 heterocycles. The fourth-order valence-electron chi connectivity index (χ4n) is 3.79. The van der Waals surface area contributed by atoms with Crippen LogP contribution in [0.5, 0.6) is 0 Å². The third-order valence-electron chi connectivity index (χ3n) is 5.38. The van der Waals surface area contributed by atoms with Gasteiger partial charge in [0.1, 0.15) is 5.69 Å². The van der Waals surface area contributed by atoms with Crippen molar-refractivity contribution < 1.29 is 9.18 Å². The Kier molecular flexibility index (Phi) is 4.01. The number of aromatic amines is 1. The van der Waals surface area contributed by atoms with E-state index in [9.17, 15) is 9.18 Å². The first-order chi connectivity index (χ1) is 14.1. The molecule has 0 aliphatic carbocycles. The Bertz CT molecular complexity index is 1220. The molecule has 4 aromatic rings. The van der Waals surface area contributed by atoms with Crippen molar-refractivity contribution in [1.82, 2.24) is 20.1 Å². The second kappa shape index (κ2) is 6.70. The molecular weight excluding hydrogens is 369 g/mol. The van der Waals surface area contributed by atoms with Gasteiger partial charge in [-0.25, -0.2) is 9.78 Å². The number of H-pyrrole nitrogens is 1. The normalized spacial score (nSPS) is 14.6. The van der Waals surface area contributed by atoms with E-state index in [0.29, 0.717) is 17.8 Å². The van der Waals surface area contributed by atoms with E-state index in [0.717, 1.165) is 27.7 Å². The van der Waals surface area contributed by atoms with E-state index in [1.807, 2.05) is 49.4 Å². The summed E-state index contributed by atoms with van der Waals surface area (Å²) < 4.78 is 13.6. The SMILES string of the molecule is C[C@H](c1ccccc1)N1Cc2cc3c(-c4ccnc(F)c4)n[nH]c3cc2NC1=O. The van der Waals surface area contributed by atoms with Gasteiger partial charge in [0.15, 0.2) is 0 Å². The van der Waals surface area contributed by atoms with E-state index in [-0.39, 0.29) is 12.1 Å². The van der Waals surface area contributed by atoms with E-state index < -0.39 is 5.95 Å². The number of aromatic nitrogens is 3. The van der Waals surface area contributed by atoms with E-state index in [4.69, 9.17) is 0 Å². The van der Waals surface area contributed by atoms with Crippen LogP contribution in [0.25, 0.3) is 22.2 Å². The Hall–Kier alpha value is -3.74. The van der Waals surface area contributed by atoms with E-state index in [2.05, 4.69) is 20.5 Å². The third kappa shape index (κ3) is 3.00. The van der Waals surface area contributed by atoms with Crippen LogP contribution >= 0.6 is 0 Å². The van der Waals surface area contributed by atoms with Gasteiger partial charge in [0.25, 0.3) is 0 Å². The molecular formula is C22H18FN5O. The van der Waals surface area contributed by atoms with Gasteiger partial charge in [-0.2, -0.15) is 9.49 Å². The molecule has 0 spiro atoms. The first-order valence-corrected chi connectivity index (χ1v) is 9.35. The van der Waals surface area contributed by atoms with Crippen LogP contribution in [0.1, 0.15) is 24.1 Å². The van der Waals surface area contributed by atoms with Crippen molar-refractivity contribution in [3.8, 4) is 11.3 Å². The lowest BCUT2D eigenvalue weighted by Crippen LogP contribution is -2.40. The van der Waals surface area contributed by atoms with Crippen molar-refractivity contribution in [3.63, 3.8) is 0 Å². The van der Waals surface area contributed by atoms with Gasteiger partial charge in [0.05, 0.1) is 18.1 Å². The highest BCUT2D eigenvalue weighted by Gasteiger charge is 2.28. The minimum Gasteiger partial charge on any atom is -0.313 e. The number of carbonyl (C=O) groups is 1. The van der Waals surface area contributed by atoms with Gasteiger partial charge in [-0.05, 0) is 36.2 Å². The molecule has 2 aromatic carbocycles. The molecule has 1 aliphatic heterocycles. The van der Waals surface area contributed by atoms with Gasteiger partial charge < -0.3 is 10.2 Å². The molecule has 1 atom stereocenters. The maximum absolute atomic E-state index is 13.6. The molecule has 5 rings (SSSR count). The molecule has 2 N–H and O–H groups in total. The number of carbonyl (C=O) groups excluding carboxylic acids is 1. The molecule has 6 nitrogen and oxygen atoms in total. The highest BCUT2D eigenvalue weighted by molar-refractivity contribution is 6.00. The largest absolute Gasteiger partial charge is 0.322 e. The van der Waals surface area contributed by atoms with Gasteiger partial charge in [0.2, 0.25) is 5.95 Å². The first kappa shape index (κ1) is 17.4. The number of urea groups is 1. The van der Waals surface area contributed by atoms with Crippen molar-refractivity contribution >= 4 is 22.6 Å². The molecule has 0 saturated heterocycles. The summed E-state index contributed by atoms with van der Waals surface area (Å²) in [6.45, 7) is 2.49. The molecule has 144 valence electrons. The van der Waals surface area contributed by atoms with Crippen molar-refractivity contribution in [1.29, 1.82) is 0 Å². The van der Waals surface area contributed by atoms with Gasteiger partial charge in [-0.15, -0.1) is 0 Å². The summed E-state index contributed by atoms with van der Waals surface area (Å²) in [7, 11) is 0. The van der Waals surface area contributed by atoms with Crippen LogP contribution in [-0.4, -0.2) is 26.1 Å². The number of rotatable bonds is 3. The van der Waals surface area contributed by atoms with Gasteiger partial charge in [0, 0.05) is 28.9 Å². The zero-order valence-electron chi connectivity index (χ0n) is 15.7. The van der Waals surface area contributed by atoms with E-state index in [1.54, 1.807) is 11.0 Å². The quantitative estimate of drug-likeness (QED) is 0.493. The minimum absolute atomic E-state index is 0.0711. The minimum atomic E-state index is -0.549. The van der Waals surface area contributed by atoms with Gasteiger partial charge >= 0.3 is 6.03 Å². The lowest BCUT2D eigenvalue weighted by Gasteiger charge is -2.34. The van der Waals surface area contributed by atoms with E-state index >= 15 is 0 Å². The number of fused-ring (bicyclic) bond motifs is 2. The van der Waals surface area contributed by atoms with Crippen molar-refractivity contribution in [3.05, 3.63) is 77.9 Å². The van der Waals surface area contributed by atoms with Crippen LogP contribution in [-0.2, 0) is 6.54 Å². The predicted octanol–water partition coefficient (Wildman–Crippen LogP) is 4.87. The Morgan fingerprint density at radius 1 is 1.14 bits per heavy atom. The predicted molar refractivity (Wildman–Crippen MR) is 109 cm³/mol. The standard InChI is InChI=1S/C22H18FN5O/c1-13(14-5-3-2-4-6-14)28-12-16-9-17-19(11-18(16)25-22(28)29)26-27-21(17)15-7-8-24-20(23)10-15/h2-11,13H,12H2,1H3,(H,25,29)(H,26,27)/t13-/m1/s1. The van der Waals surface area contributed by atoms with Crippen LogP contribution < -0.4 is 5.32 Å². The van der Waals surface area contributed by atoms with Crippen LogP contribution in [0.2, 0.25) is 0 Å². The van der Waals surface area contributed by atoms with Crippen LogP contribution in [0.15, 0.2) is 60.8 Å². The lowest BCUT2D eigenvalue weighted by molar-refractivity contribution is 0.186. The van der Waals surface area contributed by atoms with Crippen LogP contribution in [0.4, 0.5) is 14.9 Å². The van der Waals surface area contributed by atoms with Crippen molar-refractivity contribution in [2.45, 2.75) is 19.5 Å². The number of nitrogens with one attached hydrogen (secondary N) is 2. The summed E-state index contributed by atoms with van der Waals surface area (Å²) >= 11 is 0. The Labute approximate surface area is 166 Å². The fraction of sp³-hybridized carbons (Fsp3) is 0.136. The maximum atomic E-state index is 13.6. The topological polar surface area (TPSA) is 73.9 Å². The third-order valence-corrected chi connectivity index (χ3v) is 5.38.